The number of nitrogens with one attached hydrogen (secondary N) is 1. The zero-order valence-electron chi connectivity index (χ0n) is 10.4. The Balaban J connectivity index is 1.91. The molecule has 0 saturated heterocycles. The first kappa shape index (κ1) is 12.8. The molecule has 0 aromatic carbocycles. The van der Waals surface area contributed by atoms with Crippen LogP contribution in [0.4, 0.5) is 11.4 Å². The number of nitrogens with two attached hydrogens (primary N) is 2. The van der Waals surface area contributed by atoms with Crippen molar-refractivity contribution in [2.45, 2.75) is 25.7 Å². The van der Waals surface area contributed by atoms with E-state index >= 15 is 0 Å². The average Bonchev–Trinajstić information content (AvgIpc) is 2.41. The molecule has 1 aliphatic carbocycles. The minimum Gasteiger partial charge on any atom is -0.396 e. The van der Waals surface area contributed by atoms with Gasteiger partial charge in [0.1, 0.15) is 0 Å². The maximum atomic E-state index is 12.1. The number of hydrogen-bond acceptors (Lipinski definition) is 4. The normalized spacial score (nSPS) is 23.6. The molecule has 18 heavy (non-hydrogen) atoms. The molecule has 1 amide bonds. The van der Waals surface area contributed by atoms with Crippen LogP contribution in [0.15, 0.2) is 18.5 Å². The fourth-order valence-corrected chi connectivity index (χ4v) is 2.42. The predicted octanol–water partition coefficient (Wildman–Crippen LogP) is 1.37. The van der Waals surface area contributed by atoms with Crippen molar-refractivity contribution in [2.24, 2.45) is 17.6 Å². The molecule has 0 bridgehead atoms. The van der Waals surface area contributed by atoms with Crippen LogP contribution in [0.5, 0.6) is 0 Å². The lowest BCUT2D eigenvalue weighted by Gasteiger charge is -2.26. The van der Waals surface area contributed by atoms with E-state index in [-0.39, 0.29) is 11.8 Å². The highest BCUT2D eigenvalue weighted by molar-refractivity contribution is 5.95. The van der Waals surface area contributed by atoms with Crippen LogP contribution >= 0.6 is 0 Å². The Morgan fingerprint density at radius 2 is 2.11 bits per heavy atom. The summed E-state index contributed by atoms with van der Waals surface area (Å²) in [7, 11) is 0. The maximum Gasteiger partial charge on any atom is 0.227 e. The van der Waals surface area contributed by atoms with Gasteiger partial charge in [-0.1, -0.05) is 0 Å². The molecule has 1 aromatic rings. The first-order chi connectivity index (χ1) is 8.70. The van der Waals surface area contributed by atoms with E-state index in [0.29, 0.717) is 17.3 Å². The van der Waals surface area contributed by atoms with Crippen molar-refractivity contribution in [1.82, 2.24) is 4.98 Å². The highest BCUT2D eigenvalue weighted by atomic mass is 16.1. The average molecular weight is 248 g/mol. The van der Waals surface area contributed by atoms with E-state index in [0.717, 1.165) is 32.2 Å². The summed E-state index contributed by atoms with van der Waals surface area (Å²) >= 11 is 0. The van der Waals surface area contributed by atoms with E-state index in [9.17, 15) is 4.79 Å². The Labute approximate surface area is 107 Å². The molecule has 1 aromatic heterocycles. The van der Waals surface area contributed by atoms with Crippen molar-refractivity contribution < 1.29 is 4.79 Å². The van der Waals surface area contributed by atoms with E-state index in [2.05, 4.69) is 10.3 Å². The van der Waals surface area contributed by atoms with Gasteiger partial charge in [0.05, 0.1) is 17.6 Å². The van der Waals surface area contributed by atoms with Gasteiger partial charge in [-0.3, -0.25) is 9.78 Å². The highest BCUT2D eigenvalue weighted by Crippen LogP contribution is 2.29. The number of amides is 1. The number of rotatable bonds is 3. The topological polar surface area (TPSA) is 94.0 Å². The van der Waals surface area contributed by atoms with E-state index in [1.165, 1.54) is 0 Å². The Morgan fingerprint density at radius 1 is 1.39 bits per heavy atom. The van der Waals surface area contributed by atoms with Gasteiger partial charge in [0.2, 0.25) is 5.91 Å². The van der Waals surface area contributed by atoms with Gasteiger partial charge in [0.25, 0.3) is 0 Å². The van der Waals surface area contributed by atoms with Gasteiger partial charge >= 0.3 is 0 Å². The standard InChI is InChI=1S/C13H20N4O/c14-7-9-1-3-10(4-2-9)13(18)17-12-5-6-16-8-11(12)15/h5-6,8-10H,1-4,7,14-15H2,(H,16,17,18)/t9-,10-. The molecule has 0 unspecified atom stereocenters. The highest BCUT2D eigenvalue weighted by Gasteiger charge is 2.25. The lowest BCUT2D eigenvalue weighted by atomic mass is 9.81. The second kappa shape index (κ2) is 5.82. The number of carbonyl (C=O) groups excluding carboxylic acids is 1. The first-order valence-corrected chi connectivity index (χ1v) is 6.41. The second-order valence-electron chi connectivity index (χ2n) is 4.91. The molecule has 1 aliphatic rings. The van der Waals surface area contributed by atoms with Crippen LogP contribution in [0.3, 0.4) is 0 Å². The Kier molecular flexibility index (Phi) is 4.15. The van der Waals surface area contributed by atoms with Crippen LogP contribution < -0.4 is 16.8 Å². The molecule has 0 atom stereocenters. The van der Waals surface area contributed by atoms with E-state index < -0.39 is 0 Å². The lowest BCUT2D eigenvalue weighted by molar-refractivity contribution is -0.121. The van der Waals surface area contributed by atoms with E-state index in [1.54, 1.807) is 18.5 Å². The van der Waals surface area contributed by atoms with Gasteiger partial charge in [-0.15, -0.1) is 0 Å². The van der Waals surface area contributed by atoms with Crippen molar-refractivity contribution in [3.8, 4) is 0 Å². The minimum absolute atomic E-state index is 0.0587. The largest absolute Gasteiger partial charge is 0.396 e. The monoisotopic (exact) mass is 248 g/mol. The molecule has 1 saturated carbocycles. The number of carbonyl (C=O) groups is 1. The number of pyridine rings is 1. The second-order valence-corrected chi connectivity index (χ2v) is 4.91. The molecule has 5 heteroatoms. The summed E-state index contributed by atoms with van der Waals surface area (Å²) in [5.41, 5.74) is 12.5. The fraction of sp³-hybridized carbons (Fsp3) is 0.538. The Bertz CT molecular complexity index is 413. The maximum absolute atomic E-state index is 12.1. The lowest BCUT2D eigenvalue weighted by Crippen LogP contribution is -2.29. The summed E-state index contributed by atoms with van der Waals surface area (Å²) in [5.74, 6) is 0.726. The summed E-state index contributed by atoms with van der Waals surface area (Å²) in [5, 5.41) is 2.88. The quantitative estimate of drug-likeness (QED) is 0.753. The third-order valence-electron chi connectivity index (χ3n) is 3.66. The van der Waals surface area contributed by atoms with Crippen LogP contribution in [0.25, 0.3) is 0 Å². The van der Waals surface area contributed by atoms with Gasteiger partial charge in [-0.2, -0.15) is 0 Å². The zero-order valence-corrected chi connectivity index (χ0v) is 10.4. The van der Waals surface area contributed by atoms with Crippen LogP contribution in [0, 0.1) is 11.8 Å². The first-order valence-electron chi connectivity index (χ1n) is 6.41. The van der Waals surface area contributed by atoms with E-state index in [4.69, 9.17) is 11.5 Å². The van der Waals surface area contributed by atoms with E-state index in [1.807, 2.05) is 0 Å². The van der Waals surface area contributed by atoms with Crippen LogP contribution in [0.2, 0.25) is 0 Å². The fourth-order valence-electron chi connectivity index (χ4n) is 2.42. The number of nitrogens with zero attached hydrogens (tertiary/aromatic N) is 1. The van der Waals surface area contributed by atoms with Crippen molar-refractivity contribution in [2.75, 3.05) is 17.6 Å². The predicted molar refractivity (Wildman–Crippen MR) is 71.8 cm³/mol. The molecular weight excluding hydrogens is 228 g/mol. The molecule has 1 heterocycles. The SMILES string of the molecule is NC[C@H]1CC[C@H](C(=O)Nc2ccncc2N)CC1. The van der Waals surface area contributed by atoms with Gasteiger partial charge in [-0.05, 0) is 44.2 Å². The molecule has 0 spiro atoms. The molecule has 5 N–H and O–H groups in total. The van der Waals surface area contributed by atoms with Crippen molar-refractivity contribution >= 4 is 17.3 Å². The molecular formula is C13H20N4O. The van der Waals surface area contributed by atoms with Gasteiger partial charge in [-0.25, -0.2) is 0 Å². The number of anilines is 2. The summed E-state index contributed by atoms with van der Waals surface area (Å²) in [6.45, 7) is 0.728. The van der Waals surface area contributed by atoms with Gasteiger partial charge < -0.3 is 16.8 Å². The molecule has 0 radical (unpaired) electrons. The summed E-state index contributed by atoms with van der Waals surface area (Å²) < 4.78 is 0. The molecule has 5 nitrogen and oxygen atoms in total. The van der Waals surface area contributed by atoms with Crippen LogP contribution in [0.1, 0.15) is 25.7 Å². The molecule has 0 aliphatic heterocycles. The van der Waals surface area contributed by atoms with Gasteiger partial charge in [0, 0.05) is 12.1 Å². The van der Waals surface area contributed by atoms with Crippen LogP contribution in [-0.4, -0.2) is 17.4 Å². The minimum atomic E-state index is 0.0587. The zero-order chi connectivity index (χ0) is 13.0. The molecule has 2 rings (SSSR count). The number of aromatic nitrogens is 1. The number of hydrogen-bond donors (Lipinski definition) is 3. The van der Waals surface area contributed by atoms with Crippen LogP contribution in [-0.2, 0) is 4.79 Å². The van der Waals surface area contributed by atoms with Crippen molar-refractivity contribution in [3.05, 3.63) is 18.5 Å². The molecule has 98 valence electrons. The Morgan fingerprint density at radius 3 is 2.72 bits per heavy atom. The molecule has 1 fully saturated rings. The smallest absolute Gasteiger partial charge is 0.227 e. The van der Waals surface area contributed by atoms with Gasteiger partial charge in [0.15, 0.2) is 0 Å². The Hall–Kier alpha value is -1.62. The van der Waals surface area contributed by atoms with Crippen molar-refractivity contribution in [1.29, 1.82) is 0 Å². The number of nitrogen functional groups attached to an aromatic ring is 1. The van der Waals surface area contributed by atoms with Crippen molar-refractivity contribution in [3.63, 3.8) is 0 Å². The summed E-state index contributed by atoms with van der Waals surface area (Å²) in [6, 6.07) is 1.72. The third kappa shape index (κ3) is 2.98. The third-order valence-corrected chi connectivity index (χ3v) is 3.66. The summed E-state index contributed by atoms with van der Waals surface area (Å²) in [6.07, 6.45) is 7.08. The summed E-state index contributed by atoms with van der Waals surface area (Å²) in [4.78, 5) is 16.0.